The molecule has 2 aromatic rings. The number of rotatable bonds is 4. The summed E-state index contributed by atoms with van der Waals surface area (Å²) >= 11 is 0. The number of nitrogens with two attached hydrogens (primary N) is 1. The predicted octanol–water partition coefficient (Wildman–Crippen LogP) is 0.246. The average Bonchev–Trinajstić information content (AvgIpc) is 2.72. The van der Waals surface area contributed by atoms with E-state index in [1.54, 1.807) is 29.2 Å². The monoisotopic (exact) mass is 220 g/mol. The van der Waals surface area contributed by atoms with E-state index in [1.165, 1.54) is 0 Å². The van der Waals surface area contributed by atoms with Crippen LogP contribution in [0.25, 0.3) is 5.65 Å². The molecule has 16 heavy (non-hydrogen) atoms. The third-order valence-corrected chi connectivity index (χ3v) is 2.44. The van der Waals surface area contributed by atoms with Gasteiger partial charge in [0.05, 0.1) is 12.6 Å². The van der Waals surface area contributed by atoms with Crippen LogP contribution in [0.2, 0.25) is 0 Å². The third kappa shape index (κ3) is 2.01. The molecule has 2 aromatic heterocycles. The molecule has 0 radical (unpaired) electrons. The van der Waals surface area contributed by atoms with Crippen molar-refractivity contribution in [3.8, 4) is 0 Å². The highest BCUT2D eigenvalue weighted by molar-refractivity contribution is 5.68. The molecule has 0 bridgehead atoms. The molecule has 0 aliphatic rings. The maximum Gasteiger partial charge on any atom is 0.304 e. The molecule has 1 atom stereocenters. The fraction of sp³-hybridized carbons (Fsp3) is 0.300. The summed E-state index contributed by atoms with van der Waals surface area (Å²) < 4.78 is 1.61. The Bertz CT molecular complexity index is 508. The second kappa shape index (κ2) is 4.28. The van der Waals surface area contributed by atoms with Gasteiger partial charge in [-0.2, -0.15) is 5.10 Å². The molecular weight excluding hydrogens is 208 g/mol. The van der Waals surface area contributed by atoms with Crippen LogP contribution in [-0.2, 0) is 4.79 Å². The molecule has 0 aromatic carbocycles. The Morgan fingerprint density at radius 2 is 2.44 bits per heavy atom. The van der Waals surface area contributed by atoms with Gasteiger partial charge in [0, 0.05) is 24.4 Å². The zero-order valence-electron chi connectivity index (χ0n) is 8.58. The molecule has 0 aliphatic heterocycles. The lowest BCUT2D eigenvalue weighted by molar-refractivity contribution is -0.137. The molecule has 3 N–H and O–H groups in total. The number of nitrogens with zero attached hydrogens (tertiary/aromatic N) is 3. The van der Waals surface area contributed by atoms with E-state index < -0.39 is 5.97 Å². The number of aromatic nitrogens is 3. The number of hydrogen-bond acceptors (Lipinski definition) is 4. The van der Waals surface area contributed by atoms with Crippen LogP contribution in [0.1, 0.15) is 17.9 Å². The average molecular weight is 220 g/mol. The minimum absolute atomic E-state index is 0.00492. The lowest BCUT2D eigenvalue weighted by Crippen LogP contribution is -2.17. The molecule has 0 amide bonds. The van der Waals surface area contributed by atoms with E-state index in [0.717, 1.165) is 11.2 Å². The summed E-state index contributed by atoms with van der Waals surface area (Å²) in [6.07, 6.45) is 5.06. The smallest absolute Gasteiger partial charge is 0.304 e. The lowest BCUT2D eigenvalue weighted by Gasteiger charge is -2.11. The minimum atomic E-state index is -0.865. The maximum absolute atomic E-state index is 10.7. The van der Waals surface area contributed by atoms with Gasteiger partial charge in [-0.1, -0.05) is 0 Å². The highest BCUT2D eigenvalue weighted by atomic mass is 16.4. The van der Waals surface area contributed by atoms with Crippen molar-refractivity contribution in [2.45, 2.75) is 12.3 Å². The van der Waals surface area contributed by atoms with E-state index in [9.17, 15) is 4.79 Å². The Labute approximate surface area is 91.7 Å². The minimum Gasteiger partial charge on any atom is -0.481 e. The van der Waals surface area contributed by atoms with Crippen LogP contribution >= 0.6 is 0 Å². The predicted molar refractivity (Wildman–Crippen MR) is 57.0 cm³/mol. The zero-order chi connectivity index (χ0) is 11.5. The molecular formula is C10H12N4O2. The van der Waals surface area contributed by atoms with Crippen LogP contribution in [0, 0.1) is 0 Å². The number of aliphatic carboxylic acids is 1. The Kier molecular flexibility index (Phi) is 2.82. The van der Waals surface area contributed by atoms with Gasteiger partial charge in [-0.15, -0.1) is 0 Å². The molecule has 0 saturated carbocycles. The van der Waals surface area contributed by atoms with Crippen LogP contribution < -0.4 is 5.73 Å². The van der Waals surface area contributed by atoms with Gasteiger partial charge < -0.3 is 10.8 Å². The van der Waals surface area contributed by atoms with Crippen LogP contribution in [0.5, 0.6) is 0 Å². The van der Waals surface area contributed by atoms with E-state index in [2.05, 4.69) is 10.1 Å². The standard InChI is InChI=1S/C10H12N4O2/c11-4-7(3-10(15)16)8-5-12-9-1-2-13-14(9)6-8/h1-2,5-7H,3-4,11H2,(H,15,16). The van der Waals surface area contributed by atoms with Gasteiger partial charge in [0.25, 0.3) is 0 Å². The number of hydrogen-bond donors (Lipinski definition) is 2. The van der Waals surface area contributed by atoms with E-state index in [1.807, 2.05) is 0 Å². The highest BCUT2D eigenvalue weighted by Gasteiger charge is 2.15. The largest absolute Gasteiger partial charge is 0.481 e. The Morgan fingerprint density at radius 3 is 3.12 bits per heavy atom. The first-order valence-corrected chi connectivity index (χ1v) is 4.92. The van der Waals surface area contributed by atoms with Crippen molar-refractivity contribution in [3.05, 3.63) is 30.2 Å². The van der Waals surface area contributed by atoms with Gasteiger partial charge in [-0.3, -0.25) is 4.79 Å². The number of carboxylic acid groups (broad SMARTS) is 1. The van der Waals surface area contributed by atoms with Crippen molar-refractivity contribution < 1.29 is 9.90 Å². The topological polar surface area (TPSA) is 93.5 Å². The Balaban J connectivity index is 2.32. The fourth-order valence-electron chi connectivity index (χ4n) is 1.58. The molecule has 0 saturated heterocycles. The summed E-state index contributed by atoms with van der Waals surface area (Å²) in [5.41, 5.74) is 7.08. The van der Waals surface area contributed by atoms with Crippen LogP contribution in [0.4, 0.5) is 0 Å². The summed E-state index contributed by atoms with van der Waals surface area (Å²) in [6, 6.07) is 1.78. The van der Waals surface area contributed by atoms with Crippen LogP contribution in [-0.4, -0.2) is 32.2 Å². The van der Waals surface area contributed by atoms with Crippen molar-refractivity contribution in [2.24, 2.45) is 5.73 Å². The van der Waals surface area contributed by atoms with E-state index in [4.69, 9.17) is 10.8 Å². The van der Waals surface area contributed by atoms with Gasteiger partial charge >= 0.3 is 5.97 Å². The third-order valence-electron chi connectivity index (χ3n) is 2.44. The van der Waals surface area contributed by atoms with Crippen molar-refractivity contribution in [1.82, 2.24) is 14.6 Å². The molecule has 2 heterocycles. The van der Waals surface area contributed by atoms with Gasteiger partial charge in [0.15, 0.2) is 5.65 Å². The van der Waals surface area contributed by atoms with Crippen molar-refractivity contribution in [3.63, 3.8) is 0 Å². The summed E-state index contributed by atoms with van der Waals surface area (Å²) in [4.78, 5) is 14.8. The van der Waals surface area contributed by atoms with E-state index >= 15 is 0 Å². The molecule has 2 rings (SSSR count). The molecule has 0 fully saturated rings. The first-order chi connectivity index (χ1) is 7.70. The molecule has 1 unspecified atom stereocenters. The fourth-order valence-corrected chi connectivity index (χ4v) is 1.58. The number of carbonyl (C=O) groups is 1. The van der Waals surface area contributed by atoms with Gasteiger partial charge in [-0.05, 0) is 12.1 Å². The van der Waals surface area contributed by atoms with Crippen LogP contribution in [0.15, 0.2) is 24.7 Å². The maximum atomic E-state index is 10.7. The quantitative estimate of drug-likeness (QED) is 0.770. The Hall–Kier alpha value is -1.95. The second-order valence-corrected chi connectivity index (χ2v) is 3.55. The summed E-state index contributed by atoms with van der Waals surface area (Å²) in [5, 5.41) is 12.8. The summed E-state index contributed by atoms with van der Waals surface area (Å²) in [6.45, 7) is 0.279. The number of fused-ring (bicyclic) bond motifs is 1. The summed E-state index contributed by atoms with van der Waals surface area (Å²) in [5.74, 6) is -1.09. The van der Waals surface area contributed by atoms with Crippen LogP contribution in [0.3, 0.4) is 0 Å². The van der Waals surface area contributed by atoms with Gasteiger partial charge in [0.1, 0.15) is 0 Å². The molecule has 6 heteroatoms. The van der Waals surface area contributed by atoms with E-state index in [0.29, 0.717) is 0 Å². The number of carboxylic acids is 1. The van der Waals surface area contributed by atoms with Crippen molar-refractivity contribution >= 4 is 11.6 Å². The SMILES string of the molecule is NCC(CC(=O)O)c1cnc2ccnn2c1. The summed E-state index contributed by atoms with van der Waals surface area (Å²) in [7, 11) is 0. The highest BCUT2D eigenvalue weighted by Crippen LogP contribution is 2.17. The molecule has 84 valence electrons. The van der Waals surface area contributed by atoms with Gasteiger partial charge in [-0.25, -0.2) is 9.50 Å². The Morgan fingerprint density at radius 1 is 1.62 bits per heavy atom. The molecule has 0 spiro atoms. The first kappa shape index (κ1) is 10.6. The van der Waals surface area contributed by atoms with Crippen molar-refractivity contribution in [1.29, 1.82) is 0 Å². The van der Waals surface area contributed by atoms with Crippen molar-refractivity contribution in [2.75, 3.05) is 6.54 Å². The molecule has 6 nitrogen and oxygen atoms in total. The van der Waals surface area contributed by atoms with Gasteiger partial charge in [0.2, 0.25) is 0 Å². The van der Waals surface area contributed by atoms with E-state index in [-0.39, 0.29) is 18.9 Å². The lowest BCUT2D eigenvalue weighted by atomic mass is 9.99. The second-order valence-electron chi connectivity index (χ2n) is 3.55. The first-order valence-electron chi connectivity index (χ1n) is 4.92. The zero-order valence-corrected chi connectivity index (χ0v) is 8.58. The molecule has 0 aliphatic carbocycles. The normalized spacial score (nSPS) is 12.8.